The molecular formula is C14H16FN3O2. The molecule has 106 valence electrons. The molecule has 2 aromatic rings. The fourth-order valence-corrected chi connectivity index (χ4v) is 2.39. The summed E-state index contributed by atoms with van der Waals surface area (Å²) in [6.45, 7) is 3.03. The van der Waals surface area contributed by atoms with Gasteiger partial charge in [-0.1, -0.05) is 16.4 Å². The van der Waals surface area contributed by atoms with Crippen LogP contribution in [0.5, 0.6) is 5.75 Å². The molecule has 1 aliphatic rings. The Labute approximate surface area is 116 Å². The number of hydrogen-bond acceptors (Lipinski definition) is 5. The summed E-state index contributed by atoms with van der Waals surface area (Å²) in [5, 5.41) is 11.0. The lowest BCUT2D eigenvalue weighted by Gasteiger charge is -2.17. The smallest absolute Gasteiger partial charge is 0.126 e. The van der Waals surface area contributed by atoms with Crippen molar-refractivity contribution < 1.29 is 13.8 Å². The minimum Gasteiger partial charge on any atom is -0.493 e. The molecular weight excluding hydrogens is 261 g/mol. The van der Waals surface area contributed by atoms with Crippen LogP contribution >= 0.6 is 0 Å². The van der Waals surface area contributed by atoms with Gasteiger partial charge in [0.1, 0.15) is 23.0 Å². The molecule has 1 aromatic heterocycles. The molecule has 0 amide bonds. The van der Waals surface area contributed by atoms with Gasteiger partial charge in [0.2, 0.25) is 0 Å². The highest BCUT2D eigenvalue weighted by Gasteiger charge is 2.20. The van der Waals surface area contributed by atoms with E-state index in [0.29, 0.717) is 18.9 Å². The Bertz CT molecular complexity index is 600. The molecule has 5 nitrogen and oxygen atoms in total. The van der Waals surface area contributed by atoms with Crippen molar-refractivity contribution in [3.63, 3.8) is 0 Å². The lowest BCUT2D eigenvalue weighted by molar-refractivity contribution is 0.299. The minimum absolute atomic E-state index is 0.115. The van der Waals surface area contributed by atoms with Gasteiger partial charge in [0, 0.05) is 24.2 Å². The van der Waals surface area contributed by atoms with Crippen LogP contribution in [0.3, 0.4) is 0 Å². The third kappa shape index (κ3) is 2.65. The Morgan fingerprint density at radius 3 is 3.10 bits per heavy atom. The van der Waals surface area contributed by atoms with Crippen molar-refractivity contribution in [1.29, 1.82) is 0 Å². The van der Waals surface area contributed by atoms with E-state index in [1.54, 1.807) is 6.07 Å². The van der Waals surface area contributed by atoms with Gasteiger partial charge in [-0.25, -0.2) is 9.02 Å². The van der Waals surface area contributed by atoms with Gasteiger partial charge < -0.3 is 10.1 Å². The predicted octanol–water partition coefficient (Wildman–Crippen LogP) is 2.52. The number of aromatic nitrogens is 2. The maximum absolute atomic E-state index is 13.3. The van der Waals surface area contributed by atoms with Crippen LogP contribution in [0.15, 0.2) is 22.8 Å². The molecule has 0 saturated heterocycles. The summed E-state index contributed by atoms with van der Waals surface area (Å²) < 4.78 is 23.6. The SMILES string of the molecule is Cc1nonc1CNC1CCCOc2cc(F)ccc21. The molecule has 1 atom stereocenters. The maximum Gasteiger partial charge on any atom is 0.126 e. The topological polar surface area (TPSA) is 60.2 Å². The molecule has 0 fully saturated rings. The molecule has 0 radical (unpaired) electrons. The van der Waals surface area contributed by atoms with Crippen LogP contribution in [0.2, 0.25) is 0 Å². The second-order valence-corrected chi connectivity index (χ2v) is 4.90. The van der Waals surface area contributed by atoms with Gasteiger partial charge in [-0.15, -0.1) is 0 Å². The van der Waals surface area contributed by atoms with E-state index in [9.17, 15) is 4.39 Å². The predicted molar refractivity (Wildman–Crippen MR) is 69.7 cm³/mol. The van der Waals surface area contributed by atoms with Gasteiger partial charge in [0.25, 0.3) is 0 Å². The summed E-state index contributed by atoms with van der Waals surface area (Å²) in [4.78, 5) is 0. The van der Waals surface area contributed by atoms with Crippen molar-refractivity contribution in [1.82, 2.24) is 15.6 Å². The number of nitrogens with one attached hydrogen (secondary N) is 1. The van der Waals surface area contributed by atoms with E-state index >= 15 is 0 Å². The first-order chi connectivity index (χ1) is 9.74. The summed E-state index contributed by atoms with van der Waals surface area (Å²) in [5.41, 5.74) is 2.55. The largest absolute Gasteiger partial charge is 0.493 e. The van der Waals surface area contributed by atoms with Crippen molar-refractivity contribution in [3.05, 3.63) is 41.0 Å². The van der Waals surface area contributed by atoms with Crippen molar-refractivity contribution in [3.8, 4) is 5.75 Å². The summed E-state index contributed by atoms with van der Waals surface area (Å²) in [5.74, 6) is 0.343. The number of halogens is 1. The van der Waals surface area contributed by atoms with E-state index in [-0.39, 0.29) is 11.9 Å². The van der Waals surface area contributed by atoms with E-state index in [0.717, 1.165) is 29.8 Å². The second-order valence-electron chi connectivity index (χ2n) is 4.90. The van der Waals surface area contributed by atoms with Gasteiger partial charge >= 0.3 is 0 Å². The third-order valence-electron chi connectivity index (χ3n) is 3.51. The lowest BCUT2D eigenvalue weighted by atomic mass is 10.0. The molecule has 0 spiro atoms. The zero-order valence-corrected chi connectivity index (χ0v) is 11.2. The van der Waals surface area contributed by atoms with Crippen molar-refractivity contribution in [2.75, 3.05) is 6.61 Å². The molecule has 0 aliphatic carbocycles. The standard InChI is InChI=1S/C14H16FN3O2/c1-9-13(18-20-17-9)8-16-12-3-2-6-19-14-7-10(15)4-5-11(12)14/h4-5,7,12,16H,2-3,6,8H2,1H3. The number of benzene rings is 1. The number of ether oxygens (including phenoxy) is 1. The van der Waals surface area contributed by atoms with Gasteiger partial charge in [-0.2, -0.15) is 0 Å². The number of rotatable bonds is 3. The van der Waals surface area contributed by atoms with Crippen LogP contribution in [0.1, 0.15) is 35.8 Å². The highest BCUT2D eigenvalue weighted by Crippen LogP contribution is 2.32. The molecule has 1 unspecified atom stereocenters. The van der Waals surface area contributed by atoms with Crippen molar-refractivity contribution >= 4 is 0 Å². The Morgan fingerprint density at radius 2 is 2.30 bits per heavy atom. The van der Waals surface area contributed by atoms with Crippen LogP contribution < -0.4 is 10.1 Å². The average Bonchev–Trinajstić information content (AvgIpc) is 2.73. The van der Waals surface area contributed by atoms with Crippen LogP contribution in [0.25, 0.3) is 0 Å². The number of nitrogens with zero attached hydrogens (tertiary/aromatic N) is 2. The van der Waals surface area contributed by atoms with Crippen molar-refractivity contribution in [2.24, 2.45) is 0 Å². The van der Waals surface area contributed by atoms with E-state index in [2.05, 4.69) is 20.3 Å². The maximum atomic E-state index is 13.3. The monoisotopic (exact) mass is 277 g/mol. The average molecular weight is 277 g/mol. The van der Waals surface area contributed by atoms with Crippen LogP contribution in [0, 0.1) is 12.7 Å². The molecule has 0 bridgehead atoms. The lowest BCUT2D eigenvalue weighted by Crippen LogP contribution is -2.21. The third-order valence-corrected chi connectivity index (χ3v) is 3.51. The van der Waals surface area contributed by atoms with Crippen LogP contribution in [-0.4, -0.2) is 16.9 Å². The van der Waals surface area contributed by atoms with Gasteiger partial charge in [0.15, 0.2) is 0 Å². The van der Waals surface area contributed by atoms with Gasteiger partial charge in [0.05, 0.1) is 6.61 Å². The Morgan fingerprint density at radius 1 is 1.40 bits per heavy atom. The number of hydrogen-bond donors (Lipinski definition) is 1. The minimum atomic E-state index is -0.277. The molecule has 1 N–H and O–H groups in total. The van der Waals surface area contributed by atoms with Crippen LogP contribution in [0.4, 0.5) is 4.39 Å². The molecule has 0 saturated carbocycles. The first-order valence-electron chi connectivity index (χ1n) is 6.67. The summed E-state index contributed by atoms with van der Waals surface area (Å²) in [6, 6.07) is 4.80. The Balaban J connectivity index is 1.78. The van der Waals surface area contributed by atoms with Gasteiger partial charge in [-0.3, -0.25) is 0 Å². The quantitative estimate of drug-likeness (QED) is 0.934. The van der Waals surface area contributed by atoms with Gasteiger partial charge in [-0.05, 0) is 25.8 Å². The fourth-order valence-electron chi connectivity index (χ4n) is 2.39. The summed E-state index contributed by atoms with van der Waals surface area (Å²) in [6.07, 6.45) is 1.85. The summed E-state index contributed by atoms with van der Waals surface area (Å²) >= 11 is 0. The molecule has 1 aromatic carbocycles. The normalized spacial score (nSPS) is 18.2. The first-order valence-corrected chi connectivity index (χ1v) is 6.67. The van der Waals surface area contributed by atoms with Crippen molar-refractivity contribution in [2.45, 2.75) is 32.4 Å². The molecule has 20 heavy (non-hydrogen) atoms. The molecule has 1 aliphatic heterocycles. The summed E-state index contributed by atoms with van der Waals surface area (Å²) in [7, 11) is 0. The zero-order valence-electron chi connectivity index (χ0n) is 11.2. The highest BCUT2D eigenvalue weighted by atomic mass is 19.1. The molecule has 6 heteroatoms. The highest BCUT2D eigenvalue weighted by molar-refractivity contribution is 5.37. The number of fused-ring (bicyclic) bond motifs is 1. The number of aryl methyl sites for hydroxylation is 1. The molecule has 2 heterocycles. The Kier molecular flexibility index (Phi) is 3.64. The molecule has 3 rings (SSSR count). The fraction of sp³-hybridized carbons (Fsp3) is 0.429. The van der Waals surface area contributed by atoms with E-state index in [1.165, 1.54) is 12.1 Å². The van der Waals surface area contributed by atoms with Crippen LogP contribution in [-0.2, 0) is 6.54 Å². The van der Waals surface area contributed by atoms with E-state index < -0.39 is 0 Å². The Hall–Kier alpha value is -1.95. The zero-order chi connectivity index (χ0) is 13.9. The second kappa shape index (κ2) is 5.58. The first kappa shape index (κ1) is 13.1. The van der Waals surface area contributed by atoms with E-state index in [1.807, 2.05) is 6.92 Å². The van der Waals surface area contributed by atoms with E-state index in [4.69, 9.17) is 4.74 Å².